The molecule has 0 saturated heterocycles. The summed E-state index contributed by atoms with van der Waals surface area (Å²) in [5.41, 5.74) is 0.427. The second-order valence-corrected chi connectivity index (χ2v) is 2.90. The smallest absolute Gasteiger partial charge is 0.335 e. The van der Waals surface area contributed by atoms with Crippen molar-refractivity contribution in [2.45, 2.75) is 20.1 Å². The van der Waals surface area contributed by atoms with Gasteiger partial charge >= 0.3 is 11.9 Å². The van der Waals surface area contributed by atoms with Crippen molar-refractivity contribution in [3.8, 4) is 0 Å². The van der Waals surface area contributed by atoms with Crippen LogP contribution >= 0.6 is 0 Å². The summed E-state index contributed by atoms with van der Waals surface area (Å²) in [6.07, 6.45) is -0.120. The van der Waals surface area contributed by atoms with Crippen LogP contribution in [0.4, 0.5) is 0 Å². The van der Waals surface area contributed by atoms with E-state index in [0.29, 0.717) is 0 Å². The van der Waals surface area contributed by atoms with Gasteiger partial charge in [0.25, 0.3) is 0 Å². The highest BCUT2D eigenvalue weighted by Crippen LogP contribution is 1.95. The third-order valence-corrected chi connectivity index (χ3v) is 1.14. The van der Waals surface area contributed by atoms with Crippen LogP contribution in [0, 0.1) is 0 Å². The van der Waals surface area contributed by atoms with Gasteiger partial charge in [-0.2, -0.15) is 0 Å². The Labute approximate surface area is 94.4 Å². The van der Waals surface area contributed by atoms with E-state index in [1.165, 1.54) is 13.8 Å². The number of rotatable bonds is 4. The number of aliphatic hydroxyl groups excluding tert-OH is 1. The van der Waals surface area contributed by atoms with Gasteiger partial charge < -0.3 is 14.9 Å². The topological polar surface area (TPSA) is 83.8 Å². The van der Waals surface area contributed by atoms with E-state index in [-0.39, 0.29) is 11.1 Å². The molecule has 0 aromatic heterocycles. The van der Waals surface area contributed by atoms with Crippen molar-refractivity contribution in [3.63, 3.8) is 0 Å². The van der Waals surface area contributed by atoms with Gasteiger partial charge in [0, 0.05) is 11.1 Å². The predicted octanol–water partition coefficient (Wildman–Crippen LogP) is 1.26. The Kier molecular flexibility index (Phi) is 8.72. The molecule has 90 valence electrons. The van der Waals surface area contributed by atoms with Crippen LogP contribution < -0.4 is 0 Å². The average Bonchev–Trinajstić information content (AvgIpc) is 2.18. The van der Waals surface area contributed by atoms with E-state index in [9.17, 15) is 9.59 Å². The standard InChI is InChI=1S/C7H10O3.C4H6O2/c1-4-6(8)10-7(9)5(2)3;1-3(2)4(5)6/h4,6,8H,1-2H2,3H3;1H2,2H3,(H,5,6). The summed E-state index contributed by atoms with van der Waals surface area (Å²) in [6, 6.07) is 0. The molecule has 0 fully saturated rings. The third-order valence-electron chi connectivity index (χ3n) is 1.14. The van der Waals surface area contributed by atoms with Gasteiger partial charge in [0.1, 0.15) is 0 Å². The molecule has 0 spiro atoms. The highest BCUT2D eigenvalue weighted by atomic mass is 16.6. The highest BCUT2D eigenvalue weighted by Gasteiger charge is 2.06. The summed E-state index contributed by atoms with van der Waals surface area (Å²) in [5, 5.41) is 16.6. The Hall–Kier alpha value is -1.88. The summed E-state index contributed by atoms with van der Waals surface area (Å²) in [5.74, 6) is -1.55. The van der Waals surface area contributed by atoms with Gasteiger partial charge in [-0.3, -0.25) is 0 Å². The second kappa shape index (κ2) is 8.43. The molecule has 0 bridgehead atoms. The molecule has 0 heterocycles. The number of aliphatic carboxylic acids is 1. The van der Waals surface area contributed by atoms with Crippen LogP contribution in [0.5, 0.6) is 0 Å². The molecule has 1 atom stereocenters. The van der Waals surface area contributed by atoms with E-state index in [1.807, 2.05) is 0 Å². The van der Waals surface area contributed by atoms with Crippen LogP contribution in [0.25, 0.3) is 0 Å². The van der Waals surface area contributed by atoms with E-state index >= 15 is 0 Å². The molecule has 0 aliphatic heterocycles. The lowest BCUT2D eigenvalue weighted by Crippen LogP contribution is -2.14. The number of esters is 1. The number of carboxylic acids is 1. The quantitative estimate of drug-likeness (QED) is 0.327. The maximum absolute atomic E-state index is 10.6. The largest absolute Gasteiger partial charge is 0.478 e. The lowest BCUT2D eigenvalue weighted by molar-refractivity contribution is -0.155. The molecule has 0 radical (unpaired) electrons. The molecule has 0 amide bonds. The first-order chi connectivity index (χ1) is 7.22. The van der Waals surface area contributed by atoms with Gasteiger partial charge in [0.2, 0.25) is 6.29 Å². The van der Waals surface area contributed by atoms with Gasteiger partial charge in [0.05, 0.1) is 0 Å². The van der Waals surface area contributed by atoms with Crippen LogP contribution in [-0.4, -0.2) is 28.4 Å². The zero-order valence-electron chi connectivity index (χ0n) is 9.40. The van der Waals surface area contributed by atoms with Gasteiger partial charge in [-0.25, -0.2) is 9.59 Å². The van der Waals surface area contributed by atoms with E-state index in [0.717, 1.165) is 6.08 Å². The first kappa shape index (κ1) is 16.5. The molecule has 0 aliphatic carbocycles. The molecule has 16 heavy (non-hydrogen) atoms. The van der Waals surface area contributed by atoms with Crippen molar-refractivity contribution in [3.05, 3.63) is 37.0 Å². The van der Waals surface area contributed by atoms with Gasteiger partial charge in [-0.1, -0.05) is 19.7 Å². The van der Waals surface area contributed by atoms with E-state index in [2.05, 4.69) is 24.5 Å². The number of ether oxygens (including phenoxy) is 1. The summed E-state index contributed by atoms with van der Waals surface area (Å²) in [4.78, 5) is 20.2. The van der Waals surface area contributed by atoms with E-state index in [1.54, 1.807) is 0 Å². The van der Waals surface area contributed by atoms with Crippen LogP contribution in [0.1, 0.15) is 13.8 Å². The first-order valence-corrected chi connectivity index (χ1v) is 4.28. The SMILES string of the molecule is C=C(C)C(=O)O.C=CC(O)OC(=O)C(=C)C. The predicted molar refractivity (Wildman–Crippen MR) is 59.6 cm³/mol. The first-order valence-electron chi connectivity index (χ1n) is 4.28. The van der Waals surface area contributed by atoms with Crippen molar-refractivity contribution in [1.82, 2.24) is 0 Å². The number of carbonyl (C=O) groups is 2. The molecular weight excluding hydrogens is 212 g/mol. The zero-order valence-corrected chi connectivity index (χ0v) is 9.40. The molecule has 0 rings (SSSR count). The summed E-state index contributed by atoms with van der Waals surface area (Å²) < 4.78 is 4.36. The fraction of sp³-hybridized carbons (Fsp3) is 0.273. The Morgan fingerprint density at radius 2 is 1.62 bits per heavy atom. The molecule has 5 nitrogen and oxygen atoms in total. The lowest BCUT2D eigenvalue weighted by atomic mass is 10.4. The van der Waals surface area contributed by atoms with E-state index in [4.69, 9.17) is 10.2 Å². The maximum atomic E-state index is 10.6. The van der Waals surface area contributed by atoms with Crippen molar-refractivity contribution in [2.24, 2.45) is 0 Å². The van der Waals surface area contributed by atoms with Crippen LogP contribution in [0.2, 0.25) is 0 Å². The molecule has 1 unspecified atom stereocenters. The summed E-state index contributed by atoms with van der Waals surface area (Å²) in [6.45, 7) is 12.6. The molecular formula is C11H16O5. The number of hydrogen-bond donors (Lipinski definition) is 2. The molecule has 0 saturated carbocycles. The molecule has 0 aromatic carbocycles. The normalized spacial score (nSPS) is 10.2. The highest BCUT2D eigenvalue weighted by molar-refractivity contribution is 5.87. The maximum Gasteiger partial charge on any atom is 0.335 e. The monoisotopic (exact) mass is 228 g/mol. The third kappa shape index (κ3) is 10.2. The van der Waals surface area contributed by atoms with Gasteiger partial charge in [-0.05, 0) is 19.9 Å². The van der Waals surface area contributed by atoms with Crippen LogP contribution in [0.3, 0.4) is 0 Å². The number of carboxylic acid groups (broad SMARTS) is 1. The van der Waals surface area contributed by atoms with Gasteiger partial charge in [-0.15, -0.1) is 0 Å². The zero-order chi connectivity index (χ0) is 13.3. The molecule has 5 heteroatoms. The van der Waals surface area contributed by atoms with Crippen LogP contribution in [-0.2, 0) is 14.3 Å². The summed E-state index contributed by atoms with van der Waals surface area (Å²) >= 11 is 0. The Balaban J connectivity index is 0. The summed E-state index contributed by atoms with van der Waals surface area (Å²) in [7, 11) is 0. The van der Waals surface area contributed by atoms with Crippen molar-refractivity contribution in [2.75, 3.05) is 0 Å². The Morgan fingerprint density at radius 3 is 1.81 bits per heavy atom. The average molecular weight is 228 g/mol. The number of aliphatic hydroxyl groups is 1. The number of carbonyl (C=O) groups excluding carboxylic acids is 1. The minimum Gasteiger partial charge on any atom is -0.478 e. The fourth-order valence-electron chi connectivity index (χ4n) is 0.258. The number of hydrogen-bond acceptors (Lipinski definition) is 4. The van der Waals surface area contributed by atoms with Crippen LogP contribution in [0.15, 0.2) is 37.0 Å². The Bertz CT molecular complexity index is 291. The fourth-order valence-corrected chi connectivity index (χ4v) is 0.258. The van der Waals surface area contributed by atoms with Crippen molar-refractivity contribution >= 4 is 11.9 Å². The minimum absolute atomic E-state index is 0.176. The Morgan fingerprint density at radius 1 is 1.25 bits per heavy atom. The molecule has 0 aliphatic rings. The van der Waals surface area contributed by atoms with E-state index < -0.39 is 18.2 Å². The molecule has 2 N–H and O–H groups in total. The van der Waals surface area contributed by atoms with Gasteiger partial charge in [0.15, 0.2) is 0 Å². The minimum atomic E-state index is -1.23. The second-order valence-electron chi connectivity index (χ2n) is 2.90. The van der Waals surface area contributed by atoms with Crippen molar-refractivity contribution < 1.29 is 24.5 Å². The van der Waals surface area contributed by atoms with Crippen molar-refractivity contribution in [1.29, 1.82) is 0 Å². The lowest BCUT2D eigenvalue weighted by Gasteiger charge is -2.05. The molecule has 0 aromatic rings.